The van der Waals surface area contributed by atoms with Crippen LogP contribution >= 0.6 is 0 Å². The third kappa shape index (κ3) is 4.59. The Morgan fingerprint density at radius 1 is 1.12 bits per heavy atom. The van der Waals surface area contributed by atoms with Crippen molar-refractivity contribution in [2.75, 3.05) is 16.8 Å². The number of carbonyl (C=O) groups is 2. The van der Waals surface area contributed by atoms with E-state index in [1.807, 2.05) is 0 Å². The van der Waals surface area contributed by atoms with Crippen molar-refractivity contribution < 1.29 is 22.5 Å². The van der Waals surface area contributed by atoms with Crippen molar-refractivity contribution in [2.45, 2.75) is 45.1 Å². The zero-order valence-electron chi connectivity index (χ0n) is 14.2. The molecule has 9 heteroatoms. The number of aryl methyl sites for hydroxylation is 1. The monoisotopic (exact) mass is 369 g/mol. The summed E-state index contributed by atoms with van der Waals surface area (Å²) in [5, 5.41) is 9.33. The van der Waals surface area contributed by atoms with Crippen LogP contribution in [-0.2, 0) is 19.4 Å². The highest BCUT2D eigenvalue weighted by Crippen LogP contribution is 2.30. The summed E-state index contributed by atoms with van der Waals surface area (Å²) in [5.41, 5.74) is 0. The Kier molecular flexibility index (Phi) is 5.12. The molecule has 1 aromatic heterocycles. The molecule has 2 heterocycles. The number of carbonyl (C=O) groups excluding carboxylic acids is 2. The van der Waals surface area contributed by atoms with Crippen molar-refractivity contribution in [3.8, 4) is 0 Å². The standard InChI is InChI=1S/C16H23N3O5S/c1-10-8-14(19-24-10)18-16(21)12-4-2-11(3-5-12)15(20)17-13-6-7-25(22,23)9-13/h8,11-13H,2-7,9H2,1H3,(H,17,20)(H,18,19,21). The summed E-state index contributed by atoms with van der Waals surface area (Å²) >= 11 is 0. The average Bonchev–Trinajstić information content (AvgIpc) is 3.12. The first-order valence-corrected chi connectivity index (χ1v) is 10.4. The van der Waals surface area contributed by atoms with Crippen molar-refractivity contribution in [3.05, 3.63) is 11.8 Å². The molecule has 2 fully saturated rings. The Morgan fingerprint density at radius 2 is 1.76 bits per heavy atom. The first-order valence-electron chi connectivity index (χ1n) is 8.57. The number of nitrogens with one attached hydrogen (secondary N) is 2. The quantitative estimate of drug-likeness (QED) is 0.818. The van der Waals surface area contributed by atoms with E-state index in [0.717, 1.165) is 0 Å². The Balaban J connectivity index is 1.45. The molecular formula is C16H23N3O5S. The van der Waals surface area contributed by atoms with Crippen molar-refractivity contribution in [3.63, 3.8) is 0 Å². The van der Waals surface area contributed by atoms with Gasteiger partial charge in [0.15, 0.2) is 15.7 Å². The Hall–Kier alpha value is -1.90. The summed E-state index contributed by atoms with van der Waals surface area (Å²) in [4.78, 5) is 24.5. The highest BCUT2D eigenvalue weighted by Gasteiger charge is 2.33. The van der Waals surface area contributed by atoms with Gasteiger partial charge in [-0.05, 0) is 39.0 Å². The number of rotatable bonds is 4. The molecule has 1 saturated heterocycles. The highest BCUT2D eigenvalue weighted by atomic mass is 32.2. The largest absolute Gasteiger partial charge is 0.360 e. The molecule has 2 aliphatic rings. The molecule has 1 saturated carbocycles. The number of hydrogen-bond acceptors (Lipinski definition) is 6. The van der Waals surface area contributed by atoms with Gasteiger partial charge in [0.2, 0.25) is 11.8 Å². The van der Waals surface area contributed by atoms with E-state index < -0.39 is 9.84 Å². The second-order valence-electron chi connectivity index (χ2n) is 6.97. The van der Waals surface area contributed by atoms with Gasteiger partial charge < -0.3 is 15.2 Å². The Labute approximate surface area is 146 Å². The van der Waals surface area contributed by atoms with Gasteiger partial charge in [0, 0.05) is 23.9 Å². The van der Waals surface area contributed by atoms with Gasteiger partial charge in [-0.15, -0.1) is 0 Å². The van der Waals surface area contributed by atoms with Crippen LogP contribution in [0.1, 0.15) is 37.9 Å². The Morgan fingerprint density at radius 3 is 2.28 bits per heavy atom. The fourth-order valence-electron chi connectivity index (χ4n) is 3.50. The smallest absolute Gasteiger partial charge is 0.228 e. The first-order chi connectivity index (χ1) is 11.8. The van der Waals surface area contributed by atoms with E-state index in [1.54, 1.807) is 13.0 Å². The fraction of sp³-hybridized carbons (Fsp3) is 0.688. The maximum Gasteiger partial charge on any atom is 0.228 e. The average molecular weight is 369 g/mol. The number of hydrogen-bond donors (Lipinski definition) is 2. The van der Waals surface area contributed by atoms with Crippen molar-refractivity contribution >= 4 is 27.5 Å². The zero-order valence-corrected chi connectivity index (χ0v) is 15.0. The predicted octanol–water partition coefficient (Wildman–Crippen LogP) is 1.03. The lowest BCUT2D eigenvalue weighted by Gasteiger charge is -2.27. The van der Waals surface area contributed by atoms with Crippen molar-refractivity contribution in [2.24, 2.45) is 11.8 Å². The second-order valence-corrected chi connectivity index (χ2v) is 9.20. The first kappa shape index (κ1) is 17.9. The molecule has 0 aromatic carbocycles. The Bertz CT molecular complexity index is 750. The van der Waals surface area contributed by atoms with E-state index in [9.17, 15) is 18.0 Å². The van der Waals surface area contributed by atoms with E-state index in [2.05, 4.69) is 15.8 Å². The van der Waals surface area contributed by atoms with Crippen LogP contribution < -0.4 is 10.6 Å². The van der Waals surface area contributed by atoms with Gasteiger partial charge >= 0.3 is 0 Å². The highest BCUT2D eigenvalue weighted by molar-refractivity contribution is 7.91. The fourth-order valence-corrected chi connectivity index (χ4v) is 5.17. The van der Waals surface area contributed by atoms with Crippen LogP contribution in [0, 0.1) is 18.8 Å². The lowest BCUT2D eigenvalue weighted by molar-refractivity contribution is -0.129. The molecule has 138 valence electrons. The molecule has 25 heavy (non-hydrogen) atoms. The number of nitrogens with zero attached hydrogens (tertiary/aromatic N) is 1. The van der Waals surface area contributed by atoms with E-state index in [-0.39, 0.29) is 41.2 Å². The maximum atomic E-state index is 12.3. The van der Waals surface area contributed by atoms with E-state index >= 15 is 0 Å². The molecule has 3 rings (SSSR count). The number of amides is 2. The summed E-state index contributed by atoms with van der Waals surface area (Å²) in [6, 6.07) is 1.39. The number of sulfone groups is 1. The molecule has 1 atom stereocenters. The van der Waals surface area contributed by atoms with Crippen molar-refractivity contribution in [1.29, 1.82) is 0 Å². The minimum atomic E-state index is -3.00. The number of anilines is 1. The van der Waals surface area contributed by atoms with Gasteiger partial charge in [-0.2, -0.15) is 0 Å². The molecule has 2 N–H and O–H groups in total. The molecule has 1 aliphatic heterocycles. The van der Waals surface area contributed by atoms with Crippen LogP contribution in [0.3, 0.4) is 0 Å². The molecule has 2 amide bonds. The van der Waals surface area contributed by atoms with Crippen LogP contribution in [0.15, 0.2) is 10.6 Å². The van der Waals surface area contributed by atoms with Crippen molar-refractivity contribution in [1.82, 2.24) is 10.5 Å². The minimum absolute atomic E-state index is 0.0353. The summed E-state index contributed by atoms with van der Waals surface area (Å²) in [6.07, 6.45) is 3.00. The van der Waals surface area contributed by atoms with Gasteiger partial charge in [-0.25, -0.2) is 8.42 Å². The molecule has 0 radical (unpaired) electrons. The van der Waals surface area contributed by atoms with E-state index in [1.165, 1.54) is 0 Å². The van der Waals surface area contributed by atoms with Gasteiger partial charge in [-0.1, -0.05) is 5.16 Å². The van der Waals surface area contributed by atoms with Crippen LogP contribution in [-0.4, -0.2) is 42.9 Å². The lowest BCUT2D eigenvalue weighted by Crippen LogP contribution is -2.41. The summed E-state index contributed by atoms with van der Waals surface area (Å²) in [5.74, 6) is 0.728. The molecule has 1 aliphatic carbocycles. The lowest BCUT2D eigenvalue weighted by atomic mass is 9.81. The molecular weight excluding hydrogens is 346 g/mol. The van der Waals surface area contributed by atoms with Gasteiger partial charge in [-0.3, -0.25) is 9.59 Å². The minimum Gasteiger partial charge on any atom is -0.360 e. The SMILES string of the molecule is Cc1cc(NC(=O)C2CCC(C(=O)NC3CCS(=O)(=O)C3)CC2)no1. The van der Waals surface area contributed by atoms with Crippen LogP contribution in [0.5, 0.6) is 0 Å². The molecule has 8 nitrogen and oxygen atoms in total. The van der Waals surface area contributed by atoms with E-state index in [4.69, 9.17) is 4.52 Å². The molecule has 0 spiro atoms. The van der Waals surface area contributed by atoms with Gasteiger partial charge in [0.05, 0.1) is 11.5 Å². The van der Waals surface area contributed by atoms with Crippen LogP contribution in [0.4, 0.5) is 5.82 Å². The van der Waals surface area contributed by atoms with E-state index in [0.29, 0.717) is 43.7 Å². The second kappa shape index (κ2) is 7.15. The van der Waals surface area contributed by atoms with Crippen LogP contribution in [0.25, 0.3) is 0 Å². The molecule has 0 bridgehead atoms. The van der Waals surface area contributed by atoms with Crippen LogP contribution in [0.2, 0.25) is 0 Å². The maximum absolute atomic E-state index is 12.3. The van der Waals surface area contributed by atoms with Gasteiger partial charge in [0.1, 0.15) is 5.76 Å². The topological polar surface area (TPSA) is 118 Å². The molecule has 1 aromatic rings. The summed E-state index contributed by atoms with van der Waals surface area (Å²) in [6.45, 7) is 1.75. The zero-order chi connectivity index (χ0) is 18.0. The third-order valence-electron chi connectivity index (χ3n) is 4.93. The predicted molar refractivity (Wildman–Crippen MR) is 90.5 cm³/mol. The number of aromatic nitrogens is 1. The third-order valence-corrected chi connectivity index (χ3v) is 6.69. The normalized spacial score (nSPS) is 28.4. The summed E-state index contributed by atoms with van der Waals surface area (Å²) < 4.78 is 27.8. The summed E-state index contributed by atoms with van der Waals surface area (Å²) in [7, 11) is -3.00. The molecule has 1 unspecified atom stereocenters. The van der Waals surface area contributed by atoms with Gasteiger partial charge in [0.25, 0.3) is 0 Å².